The molecule has 1 aromatic rings. The number of amides is 1. The Balaban J connectivity index is 1.50. The van der Waals surface area contributed by atoms with Gasteiger partial charge < -0.3 is 14.6 Å². The predicted molar refractivity (Wildman–Crippen MR) is 84.4 cm³/mol. The summed E-state index contributed by atoms with van der Waals surface area (Å²) in [4.78, 5) is 33.4. The molecule has 1 aliphatic heterocycles. The number of carbonyl (C=O) groups is 1. The molecule has 3 aliphatic rings. The summed E-state index contributed by atoms with van der Waals surface area (Å²) in [5.74, 6) is -3.61. The molecular weight excluding hydrogens is 332 g/mol. The second-order valence-corrected chi connectivity index (χ2v) is 7.25. The fourth-order valence-corrected chi connectivity index (χ4v) is 4.47. The molecule has 1 saturated heterocycles. The van der Waals surface area contributed by atoms with Crippen molar-refractivity contribution in [1.29, 1.82) is 0 Å². The van der Waals surface area contributed by atoms with E-state index in [0.717, 1.165) is 6.42 Å². The molecule has 2 aliphatic carbocycles. The first-order chi connectivity index (χ1) is 11.9. The van der Waals surface area contributed by atoms with Gasteiger partial charge in [-0.3, -0.25) is 9.59 Å². The van der Waals surface area contributed by atoms with E-state index in [0.29, 0.717) is 31.6 Å². The zero-order valence-corrected chi connectivity index (χ0v) is 14.0. The Kier molecular flexibility index (Phi) is 3.81. The molecule has 1 unspecified atom stereocenters. The fourth-order valence-electron chi connectivity index (χ4n) is 4.47. The predicted octanol–water partition coefficient (Wildman–Crippen LogP) is 2.12. The van der Waals surface area contributed by atoms with E-state index in [1.54, 1.807) is 4.90 Å². The first-order valence-corrected chi connectivity index (χ1v) is 8.75. The Labute approximate surface area is 143 Å². The van der Waals surface area contributed by atoms with Gasteiger partial charge in [-0.1, -0.05) is 0 Å². The molecule has 8 heteroatoms. The van der Waals surface area contributed by atoms with E-state index in [4.69, 9.17) is 4.74 Å². The van der Waals surface area contributed by atoms with Crippen LogP contribution >= 0.6 is 0 Å². The molecule has 136 valence electrons. The van der Waals surface area contributed by atoms with Crippen molar-refractivity contribution < 1.29 is 18.3 Å². The van der Waals surface area contributed by atoms with Crippen molar-refractivity contribution >= 4 is 5.91 Å². The lowest BCUT2D eigenvalue weighted by Gasteiger charge is -2.29. The summed E-state index contributed by atoms with van der Waals surface area (Å²) >= 11 is 0. The minimum atomic E-state index is -2.58. The maximum absolute atomic E-state index is 13.6. The molecule has 6 nitrogen and oxygen atoms in total. The minimum absolute atomic E-state index is 0.0814. The van der Waals surface area contributed by atoms with Crippen LogP contribution < -0.4 is 10.3 Å². The van der Waals surface area contributed by atoms with Crippen molar-refractivity contribution in [3.63, 3.8) is 0 Å². The summed E-state index contributed by atoms with van der Waals surface area (Å²) in [6.45, 7) is 0.570. The number of alkyl halides is 2. The molecule has 0 spiro atoms. The molecule has 4 atom stereocenters. The Bertz CT molecular complexity index is 751. The monoisotopic (exact) mass is 353 g/mol. The number of rotatable bonds is 3. The quantitative estimate of drug-likeness (QED) is 0.903. The lowest BCUT2D eigenvalue weighted by atomic mass is 9.88. The Morgan fingerprint density at radius 2 is 2.16 bits per heavy atom. The van der Waals surface area contributed by atoms with E-state index < -0.39 is 17.8 Å². The Hall–Kier alpha value is -1.99. The number of likely N-dealkylation sites (tertiary alicyclic amines) is 1. The Morgan fingerprint density at radius 1 is 1.36 bits per heavy atom. The number of hydrogen-bond donors (Lipinski definition) is 1. The third-order valence-electron chi connectivity index (χ3n) is 5.94. The molecule has 0 bridgehead atoms. The van der Waals surface area contributed by atoms with E-state index in [9.17, 15) is 18.4 Å². The molecule has 0 radical (unpaired) electrons. The summed E-state index contributed by atoms with van der Waals surface area (Å²) in [6.07, 6.45) is 4.07. The van der Waals surface area contributed by atoms with E-state index in [1.807, 2.05) is 0 Å². The van der Waals surface area contributed by atoms with Crippen molar-refractivity contribution in [1.82, 2.24) is 14.9 Å². The molecule has 2 saturated carbocycles. The SMILES string of the molecule is COc1cnc(C2CCCN2C(=O)[C@@H]2CC[C@H]3[C@@H](C2)C3(F)F)[nH]c1=O. The van der Waals surface area contributed by atoms with Gasteiger partial charge in [0.25, 0.3) is 11.5 Å². The third-order valence-corrected chi connectivity index (χ3v) is 5.94. The number of nitrogens with one attached hydrogen (secondary N) is 1. The second kappa shape index (κ2) is 5.78. The van der Waals surface area contributed by atoms with Gasteiger partial charge in [-0.15, -0.1) is 0 Å². The molecule has 4 rings (SSSR count). The molecule has 2 heterocycles. The average molecular weight is 353 g/mol. The highest BCUT2D eigenvalue weighted by molar-refractivity contribution is 5.79. The average Bonchev–Trinajstić information content (AvgIpc) is 2.97. The van der Waals surface area contributed by atoms with Gasteiger partial charge in [0.2, 0.25) is 11.7 Å². The van der Waals surface area contributed by atoms with Crippen LogP contribution in [0.5, 0.6) is 5.75 Å². The molecule has 1 N–H and O–H groups in total. The van der Waals surface area contributed by atoms with Crippen LogP contribution in [-0.2, 0) is 4.79 Å². The normalized spacial score (nSPS) is 33.0. The number of nitrogens with zero attached hydrogens (tertiary/aromatic N) is 2. The van der Waals surface area contributed by atoms with Crippen molar-refractivity contribution in [2.45, 2.75) is 44.1 Å². The van der Waals surface area contributed by atoms with Gasteiger partial charge >= 0.3 is 0 Å². The van der Waals surface area contributed by atoms with Gasteiger partial charge in [-0.2, -0.15) is 0 Å². The van der Waals surface area contributed by atoms with Crippen molar-refractivity contribution in [3.05, 3.63) is 22.4 Å². The molecular formula is C17H21F2N3O3. The molecule has 3 fully saturated rings. The van der Waals surface area contributed by atoms with Crippen LogP contribution in [0.25, 0.3) is 0 Å². The number of methoxy groups -OCH3 is 1. The number of aromatic amines is 1. The van der Waals surface area contributed by atoms with Gasteiger partial charge in [-0.05, 0) is 32.1 Å². The Morgan fingerprint density at radius 3 is 2.84 bits per heavy atom. The summed E-state index contributed by atoms with van der Waals surface area (Å²) in [5, 5.41) is 0. The summed E-state index contributed by atoms with van der Waals surface area (Å²) < 4.78 is 32.1. The van der Waals surface area contributed by atoms with Crippen molar-refractivity contribution in [2.24, 2.45) is 17.8 Å². The number of hydrogen-bond acceptors (Lipinski definition) is 4. The number of aromatic nitrogens is 2. The van der Waals surface area contributed by atoms with E-state index >= 15 is 0 Å². The number of carbonyl (C=O) groups excluding carboxylic acids is 1. The van der Waals surface area contributed by atoms with Gasteiger partial charge in [-0.25, -0.2) is 13.8 Å². The second-order valence-electron chi connectivity index (χ2n) is 7.25. The van der Waals surface area contributed by atoms with Crippen LogP contribution in [0.3, 0.4) is 0 Å². The lowest BCUT2D eigenvalue weighted by Crippen LogP contribution is -2.38. The van der Waals surface area contributed by atoms with Crippen LogP contribution in [0.2, 0.25) is 0 Å². The summed E-state index contributed by atoms with van der Waals surface area (Å²) in [6, 6.07) is -0.302. The van der Waals surface area contributed by atoms with E-state index in [-0.39, 0.29) is 35.6 Å². The number of H-pyrrole nitrogens is 1. The summed E-state index contributed by atoms with van der Waals surface area (Å²) in [5.41, 5.74) is -0.384. The molecule has 1 amide bonds. The third kappa shape index (κ3) is 2.62. The largest absolute Gasteiger partial charge is 0.490 e. The smallest absolute Gasteiger partial charge is 0.293 e. The maximum Gasteiger partial charge on any atom is 0.293 e. The van der Waals surface area contributed by atoms with Crippen LogP contribution in [-0.4, -0.2) is 40.4 Å². The lowest BCUT2D eigenvalue weighted by molar-refractivity contribution is -0.137. The zero-order chi connectivity index (χ0) is 17.8. The topological polar surface area (TPSA) is 75.3 Å². The van der Waals surface area contributed by atoms with Gasteiger partial charge in [0.05, 0.1) is 19.3 Å². The highest BCUT2D eigenvalue weighted by Gasteiger charge is 2.69. The maximum atomic E-state index is 13.6. The van der Waals surface area contributed by atoms with Crippen LogP contribution in [0.15, 0.2) is 11.0 Å². The first kappa shape index (κ1) is 16.5. The van der Waals surface area contributed by atoms with Crippen LogP contribution in [0.1, 0.15) is 44.0 Å². The van der Waals surface area contributed by atoms with Gasteiger partial charge in [0, 0.05) is 24.3 Å². The van der Waals surface area contributed by atoms with E-state index in [2.05, 4.69) is 9.97 Å². The number of halogens is 2. The van der Waals surface area contributed by atoms with E-state index in [1.165, 1.54) is 13.3 Å². The highest BCUT2D eigenvalue weighted by Crippen LogP contribution is 2.63. The van der Waals surface area contributed by atoms with Crippen molar-refractivity contribution in [3.8, 4) is 5.75 Å². The molecule has 1 aromatic heterocycles. The van der Waals surface area contributed by atoms with Gasteiger partial charge in [0.15, 0.2) is 0 Å². The number of fused-ring (bicyclic) bond motifs is 1. The van der Waals surface area contributed by atoms with Crippen molar-refractivity contribution in [2.75, 3.05) is 13.7 Å². The van der Waals surface area contributed by atoms with Gasteiger partial charge in [0.1, 0.15) is 5.82 Å². The zero-order valence-electron chi connectivity index (χ0n) is 14.0. The minimum Gasteiger partial charge on any atom is -0.490 e. The number of ether oxygens (including phenoxy) is 1. The summed E-state index contributed by atoms with van der Waals surface area (Å²) in [7, 11) is 1.39. The molecule has 25 heavy (non-hydrogen) atoms. The van der Waals surface area contributed by atoms with Crippen LogP contribution in [0.4, 0.5) is 8.78 Å². The highest BCUT2D eigenvalue weighted by atomic mass is 19.3. The first-order valence-electron chi connectivity index (χ1n) is 8.75. The van der Waals surface area contributed by atoms with Crippen LogP contribution in [0, 0.1) is 17.8 Å². The fraction of sp³-hybridized carbons (Fsp3) is 0.706. The molecule has 0 aromatic carbocycles. The standard InChI is InChI=1S/C17H21F2N3O3/c1-25-13-8-20-14(21-15(13)23)12-3-2-6-22(12)16(24)9-4-5-10-11(7-9)17(10,18)19/h8-12H,2-7H2,1H3,(H,20,21,23)/t9-,10+,11-,12?/m1/s1.